The summed E-state index contributed by atoms with van der Waals surface area (Å²) in [4.78, 5) is 13.1. The van der Waals surface area contributed by atoms with Crippen LogP contribution in [-0.4, -0.2) is 10.2 Å². The summed E-state index contributed by atoms with van der Waals surface area (Å²) in [5.74, 6) is 1.74. The van der Waals surface area contributed by atoms with E-state index in [1.807, 2.05) is 6.07 Å². The van der Waals surface area contributed by atoms with Crippen LogP contribution in [0.4, 0.5) is 5.69 Å². The predicted octanol–water partition coefficient (Wildman–Crippen LogP) is 4.98. The minimum Gasteiger partial charge on any atom is -0.326 e. The lowest BCUT2D eigenvalue weighted by atomic mass is 9.49. The molecule has 5 rings (SSSR count). The Balaban J connectivity index is 1.58. The third kappa shape index (κ3) is 2.33. The molecule has 3 heteroatoms. The van der Waals surface area contributed by atoms with Gasteiger partial charge in [-0.05, 0) is 87.5 Å². The smallest absolute Gasteiger partial charge is 0.230 e. The molecule has 1 aromatic rings. The third-order valence-electron chi connectivity index (χ3n) is 6.24. The van der Waals surface area contributed by atoms with E-state index in [0.29, 0.717) is 0 Å². The zero-order chi connectivity index (χ0) is 15.5. The molecule has 0 aromatic heterocycles. The lowest BCUT2D eigenvalue weighted by Crippen LogP contribution is -2.57. The van der Waals surface area contributed by atoms with Gasteiger partial charge in [0.25, 0.3) is 0 Å². The quantitative estimate of drug-likeness (QED) is 0.739. The molecule has 4 bridgehead atoms. The first-order valence-electron chi connectivity index (χ1n) is 8.45. The average Bonchev–Trinajstić information content (AvgIpc) is 2.40. The van der Waals surface area contributed by atoms with Gasteiger partial charge in [0.1, 0.15) is 0 Å². The molecule has 118 valence electrons. The van der Waals surface area contributed by atoms with Crippen LogP contribution in [0.15, 0.2) is 18.2 Å². The van der Waals surface area contributed by atoms with Crippen molar-refractivity contribution in [2.45, 2.75) is 56.7 Å². The topological polar surface area (TPSA) is 29.1 Å². The maximum Gasteiger partial charge on any atom is 0.230 e. The monoisotopic (exact) mass is 361 g/mol. The van der Waals surface area contributed by atoms with Gasteiger partial charge in [0, 0.05) is 10.0 Å². The predicted molar refractivity (Wildman–Crippen MR) is 93.3 cm³/mol. The molecular formula is C19H24BrNO. The molecule has 0 heterocycles. The van der Waals surface area contributed by atoms with Crippen molar-refractivity contribution in [3.8, 4) is 0 Å². The second kappa shape index (κ2) is 4.83. The van der Waals surface area contributed by atoms with Gasteiger partial charge in [-0.1, -0.05) is 22.0 Å². The van der Waals surface area contributed by atoms with Gasteiger partial charge in [0.15, 0.2) is 0 Å². The number of aryl methyl sites for hydroxylation is 2. The van der Waals surface area contributed by atoms with Gasteiger partial charge in [0.2, 0.25) is 5.91 Å². The Hall–Kier alpha value is -0.830. The van der Waals surface area contributed by atoms with E-state index >= 15 is 0 Å². The van der Waals surface area contributed by atoms with E-state index < -0.39 is 0 Å². The van der Waals surface area contributed by atoms with E-state index in [1.165, 1.54) is 30.4 Å². The number of hydrogen-bond donors (Lipinski definition) is 1. The summed E-state index contributed by atoms with van der Waals surface area (Å²) < 4.78 is 0.234. The normalized spacial score (nSPS) is 39.0. The number of nitrogens with one attached hydrogen (secondary N) is 1. The fourth-order valence-corrected chi connectivity index (χ4v) is 6.95. The van der Waals surface area contributed by atoms with Crippen molar-refractivity contribution in [2.24, 2.45) is 17.3 Å². The van der Waals surface area contributed by atoms with E-state index in [4.69, 9.17) is 0 Å². The highest BCUT2D eigenvalue weighted by Gasteiger charge is 2.59. The Morgan fingerprint density at radius 2 is 1.82 bits per heavy atom. The fraction of sp³-hybridized carbons (Fsp3) is 0.632. The second-order valence-electron chi connectivity index (χ2n) is 8.15. The summed E-state index contributed by atoms with van der Waals surface area (Å²) in [6, 6.07) is 6.22. The summed E-state index contributed by atoms with van der Waals surface area (Å²) in [7, 11) is 0. The van der Waals surface area contributed by atoms with Crippen molar-refractivity contribution in [1.82, 2.24) is 0 Å². The molecule has 2 nitrogen and oxygen atoms in total. The van der Waals surface area contributed by atoms with Gasteiger partial charge in [0.05, 0.1) is 5.41 Å². The number of carbonyl (C=O) groups excluding carboxylic acids is 1. The van der Waals surface area contributed by atoms with Crippen LogP contribution >= 0.6 is 15.9 Å². The maximum atomic E-state index is 13.1. The van der Waals surface area contributed by atoms with Crippen LogP contribution < -0.4 is 5.32 Å². The number of benzene rings is 1. The number of carbonyl (C=O) groups is 1. The first-order chi connectivity index (χ1) is 10.4. The van der Waals surface area contributed by atoms with Crippen LogP contribution in [0.3, 0.4) is 0 Å². The standard InChI is InChI=1S/C19H24BrNO/c1-12-3-4-16(5-13(12)2)21-17(22)18-7-14-6-15(8-18)10-19(20,9-14)11-18/h3-5,14-15H,6-11H2,1-2H3,(H,21,22)/t14-,15+,18?,19?. The van der Waals surface area contributed by atoms with Crippen molar-refractivity contribution < 1.29 is 4.79 Å². The minimum atomic E-state index is -0.133. The van der Waals surface area contributed by atoms with Crippen LogP contribution in [0.2, 0.25) is 0 Å². The average molecular weight is 362 g/mol. The molecule has 0 spiro atoms. The van der Waals surface area contributed by atoms with Gasteiger partial charge >= 0.3 is 0 Å². The zero-order valence-corrected chi connectivity index (χ0v) is 15.0. The SMILES string of the molecule is Cc1ccc(NC(=O)C23C[C@@H]4C[C@@H](CC(Br)(C4)C2)C3)cc1C. The molecule has 4 aliphatic rings. The van der Waals surface area contributed by atoms with Gasteiger partial charge in [-0.3, -0.25) is 4.79 Å². The molecule has 4 atom stereocenters. The summed E-state index contributed by atoms with van der Waals surface area (Å²) in [6.45, 7) is 4.21. The van der Waals surface area contributed by atoms with E-state index in [9.17, 15) is 4.79 Å². The van der Waals surface area contributed by atoms with E-state index in [-0.39, 0.29) is 15.6 Å². The number of rotatable bonds is 2. The van der Waals surface area contributed by atoms with Gasteiger partial charge in [-0.2, -0.15) is 0 Å². The maximum absolute atomic E-state index is 13.1. The van der Waals surface area contributed by atoms with Crippen LogP contribution in [0.1, 0.15) is 49.7 Å². The molecule has 1 aromatic carbocycles. The molecule has 0 radical (unpaired) electrons. The Bertz CT molecular complexity index is 624. The second-order valence-corrected chi connectivity index (χ2v) is 9.83. The van der Waals surface area contributed by atoms with Crippen LogP contribution in [0, 0.1) is 31.1 Å². The summed E-state index contributed by atoms with van der Waals surface area (Å²) in [5, 5.41) is 3.22. The first kappa shape index (κ1) is 14.7. The molecule has 4 fully saturated rings. The fourth-order valence-electron chi connectivity index (χ4n) is 5.50. The van der Waals surface area contributed by atoms with E-state index in [1.54, 1.807) is 0 Å². The lowest BCUT2D eigenvalue weighted by molar-refractivity contribution is -0.138. The molecule has 4 saturated carbocycles. The van der Waals surface area contributed by atoms with Crippen LogP contribution in [0.25, 0.3) is 0 Å². The minimum absolute atomic E-state index is 0.133. The van der Waals surface area contributed by atoms with Gasteiger partial charge in [-0.25, -0.2) is 0 Å². The lowest BCUT2D eigenvalue weighted by Gasteiger charge is -2.59. The van der Waals surface area contributed by atoms with Crippen molar-refractivity contribution in [1.29, 1.82) is 0 Å². The van der Waals surface area contributed by atoms with Crippen molar-refractivity contribution in [3.05, 3.63) is 29.3 Å². The number of halogens is 1. The number of hydrogen-bond acceptors (Lipinski definition) is 1. The first-order valence-corrected chi connectivity index (χ1v) is 9.24. The molecule has 0 saturated heterocycles. The highest BCUT2D eigenvalue weighted by Crippen LogP contribution is 2.64. The Morgan fingerprint density at radius 1 is 1.14 bits per heavy atom. The van der Waals surface area contributed by atoms with Crippen LogP contribution in [0.5, 0.6) is 0 Å². The molecular weight excluding hydrogens is 338 g/mol. The zero-order valence-electron chi connectivity index (χ0n) is 13.4. The van der Waals surface area contributed by atoms with Gasteiger partial charge in [-0.15, -0.1) is 0 Å². The Morgan fingerprint density at radius 3 is 2.41 bits per heavy atom. The molecule has 1 N–H and O–H groups in total. The van der Waals surface area contributed by atoms with Gasteiger partial charge < -0.3 is 5.32 Å². The summed E-state index contributed by atoms with van der Waals surface area (Å²) in [6.07, 6.45) is 7.07. The third-order valence-corrected chi connectivity index (χ3v) is 7.16. The van der Waals surface area contributed by atoms with E-state index in [0.717, 1.165) is 36.8 Å². The van der Waals surface area contributed by atoms with Crippen molar-refractivity contribution in [2.75, 3.05) is 5.32 Å². The Kier molecular flexibility index (Phi) is 3.24. The molecule has 0 aliphatic heterocycles. The molecule has 22 heavy (non-hydrogen) atoms. The highest BCUT2D eigenvalue weighted by atomic mass is 79.9. The summed E-state index contributed by atoms with van der Waals surface area (Å²) >= 11 is 3.99. The molecule has 4 aliphatic carbocycles. The van der Waals surface area contributed by atoms with E-state index in [2.05, 4.69) is 47.2 Å². The largest absolute Gasteiger partial charge is 0.326 e. The van der Waals surface area contributed by atoms with Crippen molar-refractivity contribution in [3.63, 3.8) is 0 Å². The van der Waals surface area contributed by atoms with Crippen molar-refractivity contribution >= 4 is 27.5 Å². The molecule has 2 unspecified atom stereocenters. The molecule has 1 amide bonds. The Labute approximate surface area is 141 Å². The number of alkyl halides is 1. The van der Waals surface area contributed by atoms with Crippen LogP contribution in [-0.2, 0) is 4.79 Å². The number of amides is 1. The summed E-state index contributed by atoms with van der Waals surface area (Å²) in [5.41, 5.74) is 3.33. The highest BCUT2D eigenvalue weighted by molar-refractivity contribution is 9.10. The number of anilines is 1.